The van der Waals surface area contributed by atoms with Gasteiger partial charge in [0.05, 0.1) is 8.07 Å². The molecule has 0 heterocycles. The van der Waals surface area contributed by atoms with Gasteiger partial charge in [-0.1, -0.05) is 45.1 Å². The van der Waals surface area contributed by atoms with Gasteiger partial charge in [-0.05, 0) is 12.5 Å². The summed E-state index contributed by atoms with van der Waals surface area (Å²) in [4.78, 5) is 0. The summed E-state index contributed by atoms with van der Waals surface area (Å²) in [5, 5.41) is 0. The molecule has 0 aromatic carbocycles. The van der Waals surface area contributed by atoms with Crippen LogP contribution in [-0.4, -0.2) is 8.07 Å². The van der Waals surface area contributed by atoms with Crippen molar-refractivity contribution in [1.29, 1.82) is 0 Å². The number of hydrogen-bond donors (Lipinski definition) is 0. The van der Waals surface area contributed by atoms with Crippen LogP contribution in [-0.2, 0) is 0 Å². The average molecular weight is 156 g/mol. The normalized spacial score (nSPS) is 12.8. The smallest absolute Gasteiger partial charge is 0.0508 e. The van der Waals surface area contributed by atoms with Gasteiger partial charge in [0, 0.05) is 0 Å². The Morgan fingerprint density at radius 2 is 1.70 bits per heavy atom. The highest BCUT2D eigenvalue weighted by Crippen LogP contribution is 2.14. The molecule has 0 aliphatic heterocycles. The summed E-state index contributed by atoms with van der Waals surface area (Å²) >= 11 is 0. The SMILES string of the molecule is CC/C=C/C[Si](C)(C)CC. The van der Waals surface area contributed by atoms with Gasteiger partial charge in [-0.25, -0.2) is 0 Å². The highest BCUT2D eigenvalue weighted by Gasteiger charge is 2.14. The zero-order valence-electron chi connectivity index (χ0n) is 7.78. The second-order valence-electron chi connectivity index (χ2n) is 3.60. The second kappa shape index (κ2) is 4.72. The van der Waals surface area contributed by atoms with Crippen LogP contribution in [0.4, 0.5) is 0 Å². The fraction of sp³-hybridized carbons (Fsp3) is 0.778. The van der Waals surface area contributed by atoms with Gasteiger partial charge in [0.25, 0.3) is 0 Å². The Balaban J connectivity index is 3.56. The Bertz CT molecular complexity index is 103. The van der Waals surface area contributed by atoms with Gasteiger partial charge in [-0.3, -0.25) is 0 Å². The summed E-state index contributed by atoms with van der Waals surface area (Å²) in [5.74, 6) is 0. The van der Waals surface area contributed by atoms with Gasteiger partial charge in [0.2, 0.25) is 0 Å². The molecular weight excluding hydrogens is 136 g/mol. The Hall–Kier alpha value is -0.0431. The van der Waals surface area contributed by atoms with Crippen LogP contribution in [0, 0.1) is 0 Å². The standard InChI is InChI=1S/C9H20Si/c1-5-7-8-9-10(3,4)6-2/h7-8H,5-6,9H2,1-4H3/b8-7+. The van der Waals surface area contributed by atoms with E-state index in [-0.39, 0.29) is 0 Å². The molecule has 0 aromatic rings. The molecule has 10 heavy (non-hydrogen) atoms. The van der Waals surface area contributed by atoms with Crippen molar-refractivity contribution in [1.82, 2.24) is 0 Å². The van der Waals surface area contributed by atoms with Crippen LogP contribution in [0.25, 0.3) is 0 Å². The zero-order valence-corrected chi connectivity index (χ0v) is 8.78. The van der Waals surface area contributed by atoms with E-state index >= 15 is 0 Å². The fourth-order valence-corrected chi connectivity index (χ4v) is 1.81. The lowest BCUT2D eigenvalue weighted by molar-refractivity contribution is 1.21. The minimum absolute atomic E-state index is 0.801. The molecule has 0 aromatic heterocycles. The van der Waals surface area contributed by atoms with E-state index in [9.17, 15) is 0 Å². The molecule has 0 aliphatic rings. The zero-order chi connectivity index (χ0) is 8.04. The minimum Gasteiger partial charge on any atom is -0.0912 e. The van der Waals surface area contributed by atoms with Crippen LogP contribution in [0.1, 0.15) is 20.3 Å². The van der Waals surface area contributed by atoms with E-state index in [1.165, 1.54) is 18.5 Å². The van der Waals surface area contributed by atoms with Gasteiger partial charge in [-0.15, -0.1) is 0 Å². The highest BCUT2D eigenvalue weighted by atomic mass is 28.3. The molecule has 0 N–H and O–H groups in total. The lowest BCUT2D eigenvalue weighted by Gasteiger charge is -2.16. The van der Waals surface area contributed by atoms with Crippen LogP contribution in [0.2, 0.25) is 25.2 Å². The van der Waals surface area contributed by atoms with Crippen LogP contribution in [0.3, 0.4) is 0 Å². The number of rotatable bonds is 4. The van der Waals surface area contributed by atoms with Crippen molar-refractivity contribution in [2.45, 2.75) is 45.5 Å². The minimum atomic E-state index is -0.801. The van der Waals surface area contributed by atoms with E-state index < -0.39 is 8.07 Å². The Morgan fingerprint density at radius 3 is 2.10 bits per heavy atom. The molecule has 0 atom stereocenters. The summed E-state index contributed by atoms with van der Waals surface area (Å²) < 4.78 is 0. The summed E-state index contributed by atoms with van der Waals surface area (Å²) in [5.41, 5.74) is 0. The Morgan fingerprint density at radius 1 is 1.10 bits per heavy atom. The first-order valence-corrected chi connectivity index (χ1v) is 7.69. The predicted octanol–water partition coefficient (Wildman–Crippen LogP) is 3.68. The molecule has 0 aliphatic carbocycles. The molecule has 0 spiro atoms. The quantitative estimate of drug-likeness (QED) is 0.430. The van der Waals surface area contributed by atoms with Crippen LogP contribution >= 0.6 is 0 Å². The Labute approximate surface area is 66.4 Å². The molecule has 60 valence electrons. The molecule has 0 unspecified atom stereocenters. The van der Waals surface area contributed by atoms with Crippen molar-refractivity contribution in [3.63, 3.8) is 0 Å². The van der Waals surface area contributed by atoms with Gasteiger partial charge in [0.15, 0.2) is 0 Å². The second-order valence-corrected chi connectivity index (χ2v) is 9.05. The van der Waals surface area contributed by atoms with E-state index in [1.807, 2.05) is 0 Å². The highest BCUT2D eigenvalue weighted by molar-refractivity contribution is 6.77. The molecule has 0 nitrogen and oxygen atoms in total. The lowest BCUT2D eigenvalue weighted by atomic mass is 10.4. The van der Waals surface area contributed by atoms with Crippen molar-refractivity contribution in [3.05, 3.63) is 12.2 Å². The molecule has 0 radical (unpaired) electrons. The summed E-state index contributed by atoms with van der Waals surface area (Å²) in [6.45, 7) is 9.41. The molecule has 1 heteroatoms. The van der Waals surface area contributed by atoms with Gasteiger partial charge in [-0.2, -0.15) is 0 Å². The maximum absolute atomic E-state index is 2.45. The summed E-state index contributed by atoms with van der Waals surface area (Å²) in [7, 11) is -0.801. The van der Waals surface area contributed by atoms with Crippen molar-refractivity contribution in [2.75, 3.05) is 0 Å². The average Bonchev–Trinajstić information content (AvgIpc) is 1.89. The molecule has 0 amide bonds. The maximum atomic E-state index is 2.45. The molecule has 0 bridgehead atoms. The van der Waals surface area contributed by atoms with E-state index in [4.69, 9.17) is 0 Å². The van der Waals surface area contributed by atoms with E-state index in [2.05, 4.69) is 39.1 Å². The summed E-state index contributed by atoms with van der Waals surface area (Å²) in [6.07, 6.45) is 5.83. The van der Waals surface area contributed by atoms with Gasteiger partial charge in [0.1, 0.15) is 0 Å². The maximum Gasteiger partial charge on any atom is 0.0508 e. The third-order valence-corrected chi connectivity index (χ3v) is 5.29. The molecule has 0 fully saturated rings. The fourth-order valence-electron chi connectivity index (χ4n) is 0.713. The monoisotopic (exact) mass is 156 g/mol. The molecular formula is C9H20Si. The van der Waals surface area contributed by atoms with Gasteiger partial charge >= 0.3 is 0 Å². The summed E-state index contributed by atoms with van der Waals surface area (Å²) in [6, 6.07) is 2.76. The first kappa shape index (κ1) is 9.96. The van der Waals surface area contributed by atoms with E-state index in [1.54, 1.807) is 0 Å². The number of allylic oxidation sites excluding steroid dienone is 2. The third-order valence-electron chi connectivity index (χ3n) is 2.03. The Kier molecular flexibility index (Phi) is 4.70. The topological polar surface area (TPSA) is 0 Å². The molecule has 0 saturated heterocycles. The van der Waals surface area contributed by atoms with Crippen molar-refractivity contribution in [3.8, 4) is 0 Å². The number of hydrogen-bond acceptors (Lipinski definition) is 0. The van der Waals surface area contributed by atoms with Crippen molar-refractivity contribution < 1.29 is 0 Å². The third kappa shape index (κ3) is 4.80. The predicted molar refractivity (Wildman–Crippen MR) is 52.2 cm³/mol. The van der Waals surface area contributed by atoms with Crippen molar-refractivity contribution >= 4 is 8.07 Å². The van der Waals surface area contributed by atoms with Crippen LogP contribution in [0.15, 0.2) is 12.2 Å². The van der Waals surface area contributed by atoms with E-state index in [0.29, 0.717) is 0 Å². The molecule has 0 saturated carbocycles. The lowest BCUT2D eigenvalue weighted by Crippen LogP contribution is -2.21. The van der Waals surface area contributed by atoms with Gasteiger partial charge < -0.3 is 0 Å². The first-order valence-electron chi connectivity index (χ1n) is 4.27. The molecule has 0 rings (SSSR count). The first-order chi connectivity index (χ1) is 4.62. The van der Waals surface area contributed by atoms with E-state index in [0.717, 1.165) is 0 Å². The van der Waals surface area contributed by atoms with Crippen LogP contribution < -0.4 is 0 Å². The van der Waals surface area contributed by atoms with Crippen molar-refractivity contribution in [2.24, 2.45) is 0 Å². The van der Waals surface area contributed by atoms with Crippen LogP contribution in [0.5, 0.6) is 0 Å². The largest absolute Gasteiger partial charge is 0.0912 e.